The Labute approximate surface area is 182 Å². The van der Waals surface area contributed by atoms with Crippen LogP contribution in [0.3, 0.4) is 0 Å². The lowest BCUT2D eigenvalue weighted by Gasteiger charge is -2.21. The highest BCUT2D eigenvalue weighted by Crippen LogP contribution is 2.13. The molecule has 9 nitrogen and oxygen atoms in total. The molecule has 0 N–H and O–H groups in total. The molecule has 3 aromatic rings. The van der Waals surface area contributed by atoms with Crippen molar-refractivity contribution < 1.29 is 4.79 Å². The van der Waals surface area contributed by atoms with Crippen molar-refractivity contribution in [3.8, 4) is 11.4 Å². The number of benzene rings is 1. The largest absolute Gasteiger partial charge is 0.341 e. The number of hydrogen-bond donors (Lipinski definition) is 0. The molecular formula is C22H30N8O. The summed E-state index contributed by atoms with van der Waals surface area (Å²) in [6.45, 7) is 7.97. The number of aryl methyl sites for hydroxylation is 2. The molecule has 2 aromatic heterocycles. The summed E-state index contributed by atoms with van der Waals surface area (Å²) < 4.78 is 1.95. The molecule has 164 valence electrons. The highest BCUT2D eigenvalue weighted by molar-refractivity contribution is 5.76. The predicted molar refractivity (Wildman–Crippen MR) is 117 cm³/mol. The Morgan fingerprint density at radius 1 is 1.10 bits per heavy atom. The van der Waals surface area contributed by atoms with Gasteiger partial charge in [0.05, 0.1) is 12.7 Å². The number of tetrazole rings is 1. The first-order chi connectivity index (χ1) is 15.2. The zero-order chi connectivity index (χ0) is 21.5. The highest BCUT2D eigenvalue weighted by Gasteiger charge is 2.19. The SMILES string of the molecule is CCn1cc(CN2CCCN(C(=O)CCCn3nnc(-c4ccccc4)n3)CC2)cn1. The minimum atomic E-state index is 0.212. The van der Waals surface area contributed by atoms with Crippen molar-refractivity contribution in [1.82, 2.24) is 39.8 Å². The Morgan fingerprint density at radius 2 is 1.97 bits per heavy atom. The third kappa shape index (κ3) is 5.75. The fourth-order valence-electron chi connectivity index (χ4n) is 3.87. The van der Waals surface area contributed by atoms with Crippen LogP contribution < -0.4 is 0 Å². The Kier molecular flexibility index (Phi) is 7.03. The van der Waals surface area contributed by atoms with Gasteiger partial charge in [0.25, 0.3) is 0 Å². The quantitative estimate of drug-likeness (QED) is 0.553. The Hall–Kier alpha value is -3.07. The van der Waals surface area contributed by atoms with Gasteiger partial charge in [0.15, 0.2) is 0 Å². The van der Waals surface area contributed by atoms with Crippen LogP contribution in [0.5, 0.6) is 0 Å². The fraction of sp³-hybridized carbons (Fsp3) is 0.500. The van der Waals surface area contributed by atoms with E-state index in [1.54, 1.807) is 4.80 Å². The highest BCUT2D eigenvalue weighted by atomic mass is 16.2. The molecule has 0 spiro atoms. The third-order valence-electron chi connectivity index (χ3n) is 5.59. The monoisotopic (exact) mass is 422 g/mol. The first kappa shape index (κ1) is 21.2. The van der Waals surface area contributed by atoms with Gasteiger partial charge < -0.3 is 4.90 Å². The summed E-state index contributed by atoms with van der Waals surface area (Å²) in [5.41, 5.74) is 2.18. The molecule has 1 amide bonds. The first-order valence-electron chi connectivity index (χ1n) is 11.1. The Morgan fingerprint density at radius 3 is 2.77 bits per heavy atom. The van der Waals surface area contributed by atoms with Crippen LogP contribution in [0.2, 0.25) is 0 Å². The summed E-state index contributed by atoms with van der Waals surface area (Å²) in [6.07, 6.45) is 6.26. The normalized spacial score (nSPS) is 15.2. The molecule has 1 aliphatic rings. The molecule has 3 heterocycles. The van der Waals surface area contributed by atoms with Gasteiger partial charge in [-0.1, -0.05) is 30.3 Å². The number of aromatic nitrogens is 6. The molecule has 31 heavy (non-hydrogen) atoms. The molecule has 1 aliphatic heterocycles. The zero-order valence-corrected chi connectivity index (χ0v) is 18.1. The molecule has 0 aliphatic carbocycles. The molecule has 0 bridgehead atoms. The summed E-state index contributed by atoms with van der Waals surface area (Å²) >= 11 is 0. The van der Waals surface area contributed by atoms with Crippen LogP contribution in [0.25, 0.3) is 11.4 Å². The summed E-state index contributed by atoms with van der Waals surface area (Å²) in [6, 6.07) is 9.79. The maximum atomic E-state index is 12.7. The topological polar surface area (TPSA) is 85.0 Å². The Balaban J connectivity index is 1.21. The fourth-order valence-corrected chi connectivity index (χ4v) is 3.87. The van der Waals surface area contributed by atoms with Gasteiger partial charge in [-0.25, -0.2) is 0 Å². The van der Waals surface area contributed by atoms with E-state index in [0.29, 0.717) is 25.2 Å². The molecule has 0 radical (unpaired) electrons. The van der Waals surface area contributed by atoms with E-state index in [4.69, 9.17) is 0 Å². The predicted octanol–water partition coefficient (Wildman–Crippen LogP) is 2.07. The maximum Gasteiger partial charge on any atom is 0.222 e. The molecular weight excluding hydrogens is 392 g/mol. The van der Waals surface area contributed by atoms with E-state index >= 15 is 0 Å². The van der Waals surface area contributed by atoms with E-state index in [2.05, 4.69) is 38.5 Å². The van der Waals surface area contributed by atoms with Crippen LogP contribution in [0.4, 0.5) is 0 Å². The number of carbonyl (C=O) groups excluding carboxylic acids is 1. The lowest BCUT2D eigenvalue weighted by Crippen LogP contribution is -2.35. The minimum Gasteiger partial charge on any atom is -0.341 e. The van der Waals surface area contributed by atoms with Crippen molar-refractivity contribution in [2.45, 2.75) is 45.8 Å². The van der Waals surface area contributed by atoms with Crippen LogP contribution in [-0.2, 0) is 24.4 Å². The van der Waals surface area contributed by atoms with Crippen LogP contribution in [0.15, 0.2) is 42.7 Å². The second-order valence-corrected chi connectivity index (χ2v) is 7.89. The van der Waals surface area contributed by atoms with Gasteiger partial charge in [0, 0.05) is 63.0 Å². The maximum absolute atomic E-state index is 12.7. The van der Waals surface area contributed by atoms with E-state index in [1.807, 2.05) is 46.1 Å². The summed E-state index contributed by atoms with van der Waals surface area (Å²) in [5, 5.41) is 17.0. The summed E-state index contributed by atoms with van der Waals surface area (Å²) in [4.78, 5) is 18.7. The summed E-state index contributed by atoms with van der Waals surface area (Å²) in [5.74, 6) is 0.827. The number of rotatable bonds is 8. The van der Waals surface area contributed by atoms with E-state index in [1.165, 1.54) is 5.56 Å². The molecule has 9 heteroatoms. The average Bonchev–Trinajstić information content (AvgIpc) is 3.39. The molecule has 0 unspecified atom stereocenters. The third-order valence-corrected chi connectivity index (χ3v) is 5.59. The molecule has 1 saturated heterocycles. The number of amides is 1. The van der Waals surface area contributed by atoms with Crippen molar-refractivity contribution >= 4 is 5.91 Å². The summed E-state index contributed by atoms with van der Waals surface area (Å²) in [7, 11) is 0. The van der Waals surface area contributed by atoms with Crippen molar-refractivity contribution in [3.63, 3.8) is 0 Å². The van der Waals surface area contributed by atoms with Gasteiger partial charge in [-0.15, -0.1) is 10.2 Å². The second-order valence-electron chi connectivity index (χ2n) is 7.89. The molecule has 1 fully saturated rings. The standard InChI is InChI=1S/C22H30N8O/c1-2-29-18-19(16-23-29)17-27-11-7-12-28(15-14-27)21(31)10-6-13-30-25-22(24-26-30)20-8-4-3-5-9-20/h3-5,8-9,16,18H,2,6-7,10-15,17H2,1H3. The van der Waals surface area contributed by atoms with Gasteiger partial charge in [0.1, 0.15) is 0 Å². The number of nitrogens with zero attached hydrogens (tertiary/aromatic N) is 8. The van der Waals surface area contributed by atoms with Gasteiger partial charge in [0.2, 0.25) is 11.7 Å². The number of carbonyl (C=O) groups is 1. The van der Waals surface area contributed by atoms with Crippen LogP contribution >= 0.6 is 0 Å². The molecule has 4 rings (SSSR count). The van der Waals surface area contributed by atoms with E-state index in [-0.39, 0.29) is 5.91 Å². The van der Waals surface area contributed by atoms with Crippen LogP contribution in [0.1, 0.15) is 31.7 Å². The van der Waals surface area contributed by atoms with Crippen molar-refractivity contribution in [1.29, 1.82) is 0 Å². The molecule has 0 atom stereocenters. The zero-order valence-electron chi connectivity index (χ0n) is 18.1. The van der Waals surface area contributed by atoms with Crippen LogP contribution in [0, 0.1) is 0 Å². The molecule has 0 saturated carbocycles. The smallest absolute Gasteiger partial charge is 0.222 e. The Bertz CT molecular complexity index is 967. The number of hydrogen-bond acceptors (Lipinski definition) is 6. The van der Waals surface area contributed by atoms with Crippen molar-refractivity contribution in [3.05, 3.63) is 48.3 Å². The average molecular weight is 423 g/mol. The van der Waals surface area contributed by atoms with Gasteiger partial charge in [-0.2, -0.15) is 9.90 Å². The van der Waals surface area contributed by atoms with Gasteiger partial charge in [-0.3, -0.25) is 14.4 Å². The lowest BCUT2D eigenvalue weighted by atomic mass is 10.2. The minimum absolute atomic E-state index is 0.212. The molecule has 1 aromatic carbocycles. The van der Waals surface area contributed by atoms with Crippen molar-refractivity contribution in [2.75, 3.05) is 26.2 Å². The first-order valence-corrected chi connectivity index (χ1v) is 11.1. The van der Waals surface area contributed by atoms with E-state index in [9.17, 15) is 4.79 Å². The van der Waals surface area contributed by atoms with E-state index < -0.39 is 0 Å². The second kappa shape index (κ2) is 10.3. The van der Waals surface area contributed by atoms with Gasteiger partial charge >= 0.3 is 0 Å². The van der Waals surface area contributed by atoms with Crippen molar-refractivity contribution in [2.24, 2.45) is 0 Å². The van der Waals surface area contributed by atoms with Crippen LogP contribution in [-0.4, -0.2) is 71.9 Å². The van der Waals surface area contributed by atoms with E-state index in [0.717, 1.165) is 51.3 Å². The lowest BCUT2D eigenvalue weighted by molar-refractivity contribution is -0.131. The van der Waals surface area contributed by atoms with Gasteiger partial charge in [-0.05, 0) is 25.0 Å².